The first-order chi connectivity index (χ1) is 29.2. The summed E-state index contributed by atoms with van der Waals surface area (Å²) in [5, 5.41) is 32.0. The normalized spacial score (nSPS) is 12.2. The number of hydrogen-bond acceptors (Lipinski definition) is 20. The summed E-state index contributed by atoms with van der Waals surface area (Å²) in [6.07, 6.45) is 2.27. The van der Waals surface area contributed by atoms with E-state index in [2.05, 4.69) is 40.9 Å². The second-order valence-electron chi connectivity index (χ2n) is 12.4. The van der Waals surface area contributed by atoms with Gasteiger partial charge in [0, 0.05) is 0 Å². The van der Waals surface area contributed by atoms with Crippen molar-refractivity contribution in [2.75, 3.05) is 0 Å². The van der Waals surface area contributed by atoms with Crippen molar-refractivity contribution in [1.82, 2.24) is 0 Å². The summed E-state index contributed by atoms with van der Waals surface area (Å²) >= 11 is 0. The Balaban J connectivity index is 0.00000374. The molecule has 0 saturated heterocycles. The molecule has 66 heavy (non-hydrogen) atoms. The zero-order chi connectivity index (χ0) is 44.7. The van der Waals surface area contributed by atoms with Crippen LogP contribution < -0.4 is 75.4 Å². The first-order valence-electron chi connectivity index (χ1n) is 17.1. The van der Waals surface area contributed by atoms with Gasteiger partial charge in [0.05, 0.1) is 65.1 Å². The second-order valence-corrected chi connectivity index (χ2v) is 17.9. The van der Waals surface area contributed by atoms with Crippen molar-refractivity contribution < 1.29 is 127 Å². The van der Waals surface area contributed by atoms with Gasteiger partial charge in [-0.2, -0.15) is 40.9 Å². The van der Waals surface area contributed by atoms with Crippen LogP contribution in [0, 0.1) is 0 Å². The van der Waals surface area contributed by atoms with Gasteiger partial charge in [0.2, 0.25) is 0 Å². The molecule has 20 nitrogen and oxygen atoms in total. The van der Waals surface area contributed by atoms with Gasteiger partial charge in [-0.25, -0.2) is 33.7 Å². The molecule has 0 N–H and O–H groups in total. The predicted molar refractivity (Wildman–Crippen MR) is 216 cm³/mol. The first kappa shape index (κ1) is 57.6. The molecule has 0 aliphatic heterocycles. The number of hydrogen-bond donors (Lipinski definition) is 0. The fraction of sp³-hybridized carbons (Fsp3) is 0. The van der Waals surface area contributed by atoms with Crippen molar-refractivity contribution in [1.29, 1.82) is 0 Å². The Hall–Kier alpha value is -4.51. The molecule has 6 aromatic carbocycles. The topological polar surface area (TPSA) is 328 Å². The molecule has 0 aliphatic rings. The summed E-state index contributed by atoms with van der Waals surface area (Å²) in [6, 6.07) is 28.9. The van der Waals surface area contributed by atoms with E-state index in [-0.39, 0.29) is 109 Å². The number of rotatable bonds is 14. The van der Waals surface area contributed by atoms with Gasteiger partial charge in [0.25, 0.3) is 0 Å². The number of azo groups is 4. The van der Waals surface area contributed by atoms with Gasteiger partial charge in [0.15, 0.2) is 0 Å². The minimum absolute atomic E-state index is 0. The van der Waals surface area contributed by atoms with Crippen molar-refractivity contribution in [3.63, 3.8) is 0 Å². The van der Waals surface area contributed by atoms with E-state index in [9.17, 15) is 51.9 Å². The minimum atomic E-state index is -5.11. The number of benzene rings is 6. The molecular weight excluding hydrogens is 916 g/mol. The van der Waals surface area contributed by atoms with Crippen molar-refractivity contribution in [3.8, 4) is 0 Å². The Labute approximate surface area is 426 Å². The maximum Gasteiger partial charge on any atom is 1.00 e. The van der Waals surface area contributed by atoms with Crippen molar-refractivity contribution in [3.05, 3.63) is 145 Å². The Kier molecular flexibility index (Phi) is 21.4. The zero-order valence-electron chi connectivity index (χ0n) is 35.0. The van der Waals surface area contributed by atoms with Crippen LogP contribution in [0.15, 0.2) is 194 Å². The van der Waals surface area contributed by atoms with E-state index < -0.39 is 60.1 Å². The Morgan fingerprint density at radius 3 is 0.697 bits per heavy atom. The average Bonchev–Trinajstić information content (AvgIpc) is 3.22. The molecule has 0 saturated carbocycles. The molecule has 0 spiro atoms. The smallest absolute Gasteiger partial charge is 0.744 e. The van der Waals surface area contributed by atoms with Gasteiger partial charge in [-0.3, -0.25) is 0 Å². The van der Waals surface area contributed by atoms with Gasteiger partial charge < -0.3 is 18.2 Å². The van der Waals surface area contributed by atoms with E-state index in [0.29, 0.717) is 22.7 Å². The largest absolute Gasteiger partial charge is 1.00 e. The number of nitrogens with zero attached hydrogens (tertiary/aromatic N) is 8. The first-order valence-corrected chi connectivity index (χ1v) is 22.7. The molecule has 0 amide bonds. The average molecular weight is 941 g/mol. The quantitative estimate of drug-likeness (QED) is 0.0461. The van der Waals surface area contributed by atoms with Gasteiger partial charge in [-0.05, 0) is 132 Å². The summed E-state index contributed by atoms with van der Waals surface area (Å²) < 4.78 is 140. The standard InChI is InChI=1S/C38H28N8O12S4.4Li/c47-59(48,49)35-19-15-31(16-20-35)41-39-27-7-11-29(12-8-27)43-45-33-5-3-25(37(23-33)61(53,54)55)1-2-26-4-6-34(24-38(26)62(56,57)58)46-44-30-13-9-28(10-14-30)40-42-32-17-21-36(22-18-32)60(50,51)52;;;;/h1-24H,(H,47,48,49)(H,50,51,52)(H,53,54,55)(H,56,57,58);;;;/q;4*+1/p-4/b2-1+,41-39?,42-40?,45-43?,46-44?;;;;. The molecule has 6 rings (SSSR count). The van der Waals surface area contributed by atoms with E-state index in [4.69, 9.17) is 0 Å². The SMILES string of the molecule is O=S(=O)([O-])c1ccc(N=Nc2ccc(N=Nc3ccc(/C=C/c4ccc(N=Nc5ccc(N=Nc6ccc(S(=O)(=O)[O-])cc6)cc5)cc4S(=O)(=O)[O-])c(S(=O)(=O)[O-])c3)cc2)cc1.[Li+].[Li+].[Li+].[Li+]. The molecule has 0 bridgehead atoms. The third kappa shape index (κ3) is 16.7. The van der Waals surface area contributed by atoms with Gasteiger partial charge in [0.1, 0.15) is 40.5 Å². The molecule has 0 aliphatic carbocycles. The van der Waals surface area contributed by atoms with Crippen LogP contribution in [0.25, 0.3) is 12.2 Å². The van der Waals surface area contributed by atoms with Crippen LogP contribution in [-0.4, -0.2) is 51.9 Å². The van der Waals surface area contributed by atoms with Crippen LogP contribution in [-0.2, 0) is 40.5 Å². The Morgan fingerprint density at radius 2 is 0.485 bits per heavy atom. The molecule has 6 aromatic rings. The van der Waals surface area contributed by atoms with E-state index in [1.165, 1.54) is 97.1 Å². The maximum atomic E-state index is 12.2. The van der Waals surface area contributed by atoms with Crippen LogP contribution in [0.2, 0.25) is 0 Å². The molecule has 0 unspecified atom stereocenters. The van der Waals surface area contributed by atoms with E-state index in [1.807, 2.05) is 0 Å². The van der Waals surface area contributed by atoms with Gasteiger partial charge in [-0.15, -0.1) is 0 Å². The van der Waals surface area contributed by atoms with Gasteiger partial charge >= 0.3 is 75.4 Å². The second kappa shape index (κ2) is 24.5. The minimum Gasteiger partial charge on any atom is -0.744 e. The fourth-order valence-electron chi connectivity index (χ4n) is 5.05. The van der Waals surface area contributed by atoms with Crippen LogP contribution in [0.3, 0.4) is 0 Å². The van der Waals surface area contributed by atoms with Gasteiger partial charge in [-0.1, -0.05) is 24.3 Å². The Bertz CT molecular complexity index is 3050. The molecule has 0 heterocycles. The van der Waals surface area contributed by atoms with Crippen LogP contribution >= 0.6 is 0 Å². The third-order valence-corrected chi connectivity index (χ3v) is 11.5. The molecule has 0 fully saturated rings. The van der Waals surface area contributed by atoms with Crippen LogP contribution in [0.1, 0.15) is 11.1 Å². The predicted octanol–water partition coefficient (Wildman–Crippen LogP) is -2.85. The van der Waals surface area contributed by atoms with Crippen LogP contribution in [0.5, 0.6) is 0 Å². The summed E-state index contributed by atoms with van der Waals surface area (Å²) in [4.78, 5) is -2.24. The van der Waals surface area contributed by atoms with Crippen molar-refractivity contribution >= 4 is 98.1 Å². The molecule has 316 valence electrons. The zero-order valence-corrected chi connectivity index (χ0v) is 38.2. The summed E-state index contributed by atoms with van der Waals surface area (Å²) in [6.45, 7) is 0. The summed E-state index contributed by atoms with van der Waals surface area (Å²) in [7, 11) is -19.4. The third-order valence-electron chi connectivity index (χ3n) is 8.05. The van der Waals surface area contributed by atoms with Crippen molar-refractivity contribution in [2.45, 2.75) is 19.6 Å². The maximum absolute atomic E-state index is 12.2. The summed E-state index contributed by atoms with van der Waals surface area (Å²) in [5.74, 6) is 0. The fourth-order valence-corrected chi connectivity index (χ4v) is 7.37. The monoisotopic (exact) mass is 940 g/mol. The molecule has 0 atom stereocenters. The molecular formula is C38H24Li4N8O12S4. The van der Waals surface area contributed by atoms with Crippen LogP contribution in [0.4, 0.5) is 45.5 Å². The molecule has 0 aromatic heterocycles. The molecule has 0 radical (unpaired) electrons. The Morgan fingerprint density at radius 1 is 0.288 bits per heavy atom. The van der Waals surface area contributed by atoms with Crippen molar-refractivity contribution in [2.24, 2.45) is 40.9 Å². The van der Waals surface area contributed by atoms with E-state index >= 15 is 0 Å². The molecule has 28 heteroatoms. The van der Waals surface area contributed by atoms with E-state index in [1.54, 1.807) is 0 Å². The van der Waals surface area contributed by atoms with E-state index in [0.717, 1.165) is 48.6 Å². The summed E-state index contributed by atoms with van der Waals surface area (Å²) in [5.41, 5.74) is 1.60.